The second-order valence-corrected chi connectivity index (χ2v) is 7.02. The summed E-state index contributed by atoms with van der Waals surface area (Å²) in [4.78, 5) is 35.6. The normalized spacial score (nSPS) is 14.9. The van der Waals surface area contributed by atoms with Crippen molar-refractivity contribution in [1.82, 2.24) is 0 Å². The van der Waals surface area contributed by atoms with Gasteiger partial charge in [0, 0.05) is 13.8 Å². The van der Waals surface area contributed by atoms with Gasteiger partial charge in [-0.25, -0.2) is 14.4 Å². The number of methoxy groups -OCH3 is 1. The largest absolute Gasteiger partial charge is 0.490 e. The van der Waals surface area contributed by atoms with Crippen molar-refractivity contribution in [2.45, 2.75) is 19.6 Å². The Labute approximate surface area is 179 Å². The zero-order valence-corrected chi connectivity index (χ0v) is 17.4. The predicted molar refractivity (Wildman–Crippen MR) is 109 cm³/mol. The van der Waals surface area contributed by atoms with Gasteiger partial charge in [0.1, 0.15) is 30.3 Å². The number of hydrogen-bond donors (Lipinski definition) is 0. The van der Waals surface area contributed by atoms with Crippen molar-refractivity contribution < 1.29 is 38.1 Å². The highest BCUT2D eigenvalue weighted by molar-refractivity contribution is 6.18. The zero-order chi connectivity index (χ0) is 22.4. The molecule has 0 N–H and O–H groups in total. The lowest BCUT2D eigenvalue weighted by Gasteiger charge is -2.29. The van der Waals surface area contributed by atoms with E-state index in [0.717, 1.165) is 0 Å². The Hall–Kier alpha value is -3.81. The quantitative estimate of drug-likeness (QED) is 0.288. The molecule has 0 aromatic heterocycles. The molecule has 0 spiro atoms. The smallest absolute Gasteiger partial charge is 0.348 e. The van der Waals surface area contributed by atoms with E-state index < -0.39 is 23.7 Å². The van der Waals surface area contributed by atoms with Crippen LogP contribution in [0.5, 0.6) is 11.5 Å². The summed E-state index contributed by atoms with van der Waals surface area (Å²) in [5.41, 5.74) is 0.835. The number of carbonyl (C=O) groups excluding carboxylic acids is 3. The lowest BCUT2D eigenvalue weighted by atomic mass is 10.1. The summed E-state index contributed by atoms with van der Waals surface area (Å²) in [6.45, 7) is 3.51. The van der Waals surface area contributed by atoms with E-state index in [9.17, 15) is 14.4 Å². The summed E-state index contributed by atoms with van der Waals surface area (Å²) < 4.78 is 26.1. The van der Waals surface area contributed by atoms with Gasteiger partial charge < -0.3 is 23.7 Å². The third-order valence-electron chi connectivity index (χ3n) is 4.18. The second-order valence-electron chi connectivity index (χ2n) is 7.02. The van der Waals surface area contributed by atoms with Gasteiger partial charge in [0.25, 0.3) is 5.79 Å². The van der Waals surface area contributed by atoms with Crippen LogP contribution < -0.4 is 9.47 Å². The van der Waals surface area contributed by atoms with Crippen molar-refractivity contribution in [2.75, 3.05) is 20.3 Å². The number of benzene rings is 2. The number of hydrogen-bond acceptors (Lipinski definition) is 8. The van der Waals surface area contributed by atoms with Crippen molar-refractivity contribution in [2.24, 2.45) is 0 Å². The highest BCUT2D eigenvalue weighted by atomic mass is 16.7. The molecule has 1 heterocycles. The van der Waals surface area contributed by atoms with Crippen molar-refractivity contribution in [3.8, 4) is 11.5 Å². The molecule has 1 fully saturated rings. The predicted octanol–water partition coefficient (Wildman–Crippen LogP) is 3.15. The topological polar surface area (TPSA) is 97.4 Å². The van der Waals surface area contributed by atoms with E-state index in [0.29, 0.717) is 22.6 Å². The molecule has 1 saturated heterocycles. The first-order chi connectivity index (χ1) is 14.8. The zero-order valence-electron chi connectivity index (χ0n) is 17.4. The van der Waals surface area contributed by atoms with Gasteiger partial charge in [-0.3, -0.25) is 0 Å². The molecule has 0 unspecified atom stereocenters. The van der Waals surface area contributed by atoms with Crippen molar-refractivity contribution in [1.29, 1.82) is 0 Å². The van der Waals surface area contributed by atoms with Crippen LogP contribution in [-0.2, 0) is 23.8 Å². The van der Waals surface area contributed by atoms with Crippen molar-refractivity contribution in [3.05, 3.63) is 65.2 Å². The molecule has 1 aliphatic heterocycles. The Morgan fingerprint density at radius 3 is 2.16 bits per heavy atom. The van der Waals surface area contributed by atoms with Gasteiger partial charge >= 0.3 is 17.9 Å². The SMILES string of the molecule is COC(=O)c1ccc(OCCOc2cccc(C=C3C(=O)OC(C)(C)OC3=O)c2)cc1. The Kier molecular flexibility index (Phi) is 6.59. The number of cyclic esters (lactones) is 2. The van der Waals surface area contributed by atoms with Gasteiger partial charge in [0.15, 0.2) is 0 Å². The highest BCUT2D eigenvalue weighted by Gasteiger charge is 2.38. The fourth-order valence-corrected chi connectivity index (χ4v) is 2.76. The minimum atomic E-state index is -1.28. The summed E-state index contributed by atoms with van der Waals surface area (Å²) in [5.74, 6) is -2.04. The Bertz CT molecular complexity index is 982. The average molecular weight is 426 g/mol. The van der Waals surface area contributed by atoms with E-state index in [1.54, 1.807) is 48.5 Å². The fraction of sp³-hybridized carbons (Fsp3) is 0.261. The maximum Gasteiger partial charge on any atom is 0.348 e. The van der Waals surface area contributed by atoms with Gasteiger partial charge in [-0.2, -0.15) is 0 Å². The first kappa shape index (κ1) is 21.9. The van der Waals surface area contributed by atoms with Gasteiger partial charge in [-0.1, -0.05) is 12.1 Å². The molecule has 8 nitrogen and oxygen atoms in total. The molecule has 8 heteroatoms. The maximum atomic E-state index is 12.1. The number of carbonyl (C=O) groups is 3. The van der Waals surface area contributed by atoms with Gasteiger partial charge in [0.2, 0.25) is 0 Å². The van der Waals surface area contributed by atoms with E-state index in [1.165, 1.54) is 27.0 Å². The van der Waals surface area contributed by atoms with Crippen molar-refractivity contribution >= 4 is 24.0 Å². The van der Waals surface area contributed by atoms with Crippen LogP contribution in [0.1, 0.15) is 29.8 Å². The van der Waals surface area contributed by atoms with E-state index >= 15 is 0 Å². The van der Waals surface area contributed by atoms with Crippen LogP contribution in [0.15, 0.2) is 54.1 Å². The maximum absolute atomic E-state index is 12.1. The number of esters is 3. The fourth-order valence-electron chi connectivity index (χ4n) is 2.76. The third-order valence-corrected chi connectivity index (χ3v) is 4.18. The van der Waals surface area contributed by atoms with Gasteiger partial charge in [-0.05, 0) is 48.0 Å². The first-order valence-electron chi connectivity index (χ1n) is 9.50. The Balaban J connectivity index is 1.55. The second kappa shape index (κ2) is 9.34. The molecule has 0 atom stereocenters. The van der Waals surface area contributed by atoms with E-state index in [-0.39, 0.29) is 18.8 Å². The molecule has 0 amide bonds. The molecule has 0 saturated carbocycles. The van der Waals surface area contributed by atoms with E-state index in [1.807, 2.05) is 0 Å². The molecule has 162 valence electrons. The molecule has 2 aromatic rings. The summed E-state index contributed by atoms with van der Waals surface area (Å²) in [5, 5.41) is 0. The summed E-state index contributed by atoms with van der Waals surface area (Å²) in [6, 6.07) is 13.4. The highest BCUT2D eigenvalue weighted by Crippen LogP contribution is 2.25. The molecule has 0 radical (unpaired) electrons. The Morgan fingerprint density at radius 1 is 0.935 bits per heavy atom. The molecule has 0 aliphatic carbocycles. The van der Waals surface area contributed by atoms with Crippen LogP contribution in [0.25, 0.3) is 6.08 Å². The molecule has 0 bridgehead atoms. The van der Waals surface area contributed by atoms with Crippen LogP contribution in [-0.4, -0.2) is 44.0 Å². The first-order valence-corrected chi connectivity index (χ1v) is 9.50. The molecule has 3 rings (SSSR count). The molecule has 2 aromatic carbocycles. The summed E-state index contributed by atoms with van der Waals surface area (Å²) in [6.07, 6.45) is 1.39. The molecular weight excluding hydrogens is 404 g/mol. The van der Waals surface area contributed by atoms with E-state index in [4.69, 9.17) is 18.9 Å². The minimum absolute atomic E-state index is 0.185. The number of rotatable bonds is 7. The monoisotopic (exact) mass is 426 g/mol. The van der Waals surface area contributed by atoms with E-state index in [2.05, 4.69) is 4.74 Å². The standard InChI is InChI=1S/C23H22O8/c1-23(2)30-21(25)19(22(26)31-23)14-15-5-4-6-18(13-15)29-12-11-28-17-9-7-16(8-10-17)20(24)27-3/h4-10,13-14H,11-12H2,1-3H3. The van der Waals surface area contributed by atoms with Crippen LogP contribution >= 0.6 is 0 Å². The Morgan fingerprint density at radius 2 is 1.55 bits per heavy atom. The van der Waals surface area contributed by atoms with Crippen LogP contribution in [0.4, 0.5) is 0 Å². The van der Waals surface area contributed by atoms with Crippen LogP contribution in [0, 0.1) is 0 Å². The molecule has 31 heavy (non-hydrogen) atoms. The number of ether oxygens (including phenoxy) is 5. The van der Waals surface area contributed by atoms with Crippen molar-refractivity contribution in [3.63, 3.8) is 0 Å². The lowest BCUT2D eigenvalue weighted by Crippen LogP contribution is -2.41. The van der Waals surface area contributed by atoms with Gasteiger partial charge in [-0.15, -0.1) is 0 Å². The molecule has 1 aliphatic rings. The van der Waals surface area contributed by atoms with Crippen LogP contribution in [0.3, 0.4) is 0 Å². The third kappa shape index (κ3) is 5.85. The minimum Gasteiger partial charge on any atom is -0.490 e. The lowest BCUT2D eigenvalue weighted by molar-refractivity contribution is -0.222. The van der Waals surface area contributed by atoms with Gasteiger partial charge in [0.05, 0.1) is 12.7 Å². The molecular formula is C23H22O8. The summed E-state index contributed by atoms with van der Waals surface area (Å²) in [7, 11) is 1.32. The average Bonchev–Trinajstić information content (AvgIpc) is 2.73. The summed E-state index contributed by atoms with van der Waals surface area (Å²) >= 11 is 0. The van der Waals surface area contributed by atoms with Crippen LogP contribution in [0.2, 0.25) is 0 Å².